The van der Waals surface area contributed by atoms with Crippen LogP contribution in [0, 0.1) is 11.8 Å². The van der Waals surface area contributed by atoms with Crippen LogP contribution in [0.2, 0.25) is 5.02 Å². The number of nitrogens with zero attached hydrogens (tertiary/aromatic N) is 1. The van der Waals surface area contributed by atoms with Crippen LogP contribution >= 0.6 is 11.6 Å². The lowest BCUT2D eigenvalue weighted by Gasteiger charge is -2.32. The molecule has 1 heterocycles. The van der Waals surface area contributed by atoms with E-state index >= 15 is 0 Å². The van der Waals surface area contributed by atoms with Gasteiger partial charge in [0.25, 0.3) is 0 Å². The van der Waals surface area contributed by atoms with E-state index in [4.69, 9.17) is 11.6 Å². The number of hydrogen-bond acceptors (Lipinski definition) is 3. The van der Waals surface area contributed by atoms with Gasteiger partial charge in [-0.3, -0.25) is 4.79 Å². The molecule has 0 spiro atoms. The SMILES string of the molecule is CC(C)[C@H](C)NC(=O)[C@@H]1CCCN(S(=O)(=O)c2ccc(Cl)cc2)C1. The van der Waals surface area contributed by atoms with Crippen molar-refractivity contribution in [1.82, 2.24) is 9.62 Å². The molecule has 2 rings (SSSR count). The van der Waals surface area contributed by atoms with Crippen molar-refractivity contribution in [3.8, 4) is 0 Å². The second-order valence-corrected chi connectivity index (χ2v) is 9.07. The van der Waals surface area contributed by atoms with Crippen LogP contribution in [-0.4, -0.2) is 37.8 Å². The number of sulfonamides is 1. The third-order valence-corrected chi connectivity index (χ3v) is 6.71. The quantitative estimate of drug-likeness (QED) is 0.864. The van der Waals surface area contributed by atoms with Gasteiger partial charge in [0.15, 0.2) is 0 Å². The zero-order valence-corrected chi connectivity index (χ0v) is 15.9. The van der Waals surface area contributed by atoms with E-state index in [0.717, 1.165) is 0 Å². The average Bonchev–Trinajstić information content (AvgIpc) is 2.55. The molecule has 1 aliphatic rings. The van der Waals surface area contributed by atoms with Crippen LogP contribution in [-0.2, 0) is 14.8 Å². The van der Waals surface area contributed by atoms with Gasteiger partial charge in [-0.2, -0.15) is 4.31 Å². The van der Waals surface area contributed by atoms with E-state index in [9.17, 15) is 13.2 Å². The van der Waals surface area contributed by atoms with Crippen molar-refractivity contribution in [2.75, 3.05) is 13.1 Å². The molecule has 1 aromatic carbocycles. The third-order valence-electron chi connectivity index (χ3n) is 4.58. The summed E-state index contributed by atoms with van der Waals surface area (Å²) in [6, 6.07) is 6.20. The summed E-state index contributed by atoms with van der Waals surface area (Å²) in [6.45, 7) is 6.72. The summed E-state index contributed by atoms with van der Waals surface area (Å²) in [5.74, 6) is -0.0272. The highest BCUT2D eigenvalue weighted by Crippen LogP contribution is 2.25. The van der Waals surface area contributed by atoms with Crippen molar-refractivity contribution in [3.63, 3.8) is 0 Å². The van der Waals surface area contributed by atoms with Crippen molar-refractivity contribution in [1.29, 1.82) is 0 Å². The largest absolute Gasteiger partial charge is 0.353 e. The number of carbonyl (C=O) groups excluding carboxylic acids is 1. The zero-order valence-electron chi connectivity index (χ0n) is 14.3. The Kier molecular flexibility index (Phi) is 6.28. The van der Waals surface area contributed by atoms with Crippen molar-refractivity contribution in [2.24, 2.45) is 11.8 Å². The van der Waals surface area contributed by atoms with E-state index in [-0.39, 0.29) is 29.3 Å². The van der Waals surface area contributed by atoms with E-state index < -0.39 is 10.0 Å². The van der Waals surface area contributed by atoms with Gasteiger partial charge in [0.2, 0.25) is 15.9 Å². The fourth-order valence-corrected chi connectivity index (χ4v) is 4.29. The van der Waals surface area contributed by atoms with E-state index in [1.807, 2.05) is 20.8 Å². The highest BCUT2D eigenvalue weighted by atomic mass is 35.5. The molecular weight excluding hydrogens is 348 g/mol. The molecule has 1 N–H and O–H groups in total. The van der Waals surface area contributed by atoms with Crippen molar-refractivity contribution >= 4 is 27.5 Å². The molecule has 1 aliphatic heterocycles. The number of benzene rings is 1. The summed E-state index contributed by atoms with van der Waals surface area (Å²) >= 11 is 5.82. The Bertz CT molecular complexity index is 674. The van der Waals surface area contributed by atoms with E-state index in [2.05, 4.69) is 5.32 Å². The standard InChI is InChI=1S/C17H25ClN2O3S/c1-12(2)13(3)19-17(21)14-5-4-10-20(11-14)24(22,23)16-8-6-15(18)7-9-16/h6-9,12-14H,4-5,10-11H2,1-3H3,(H,19,21)/t13-,14+/m0/s1. The van der Waals surface area contributed by atoms with Crippen LogP contribution in [0.1, 0.15) is 33.6 Å². The van der Waals surface area contributed by atoms with Gasteiger partial charge in [-0.05, 0) is 49.9 Å². The van der Waals surface area contributed by atoms with Crippen LogP contribution in [0.15, 0.2) is 29.2 Å². The molecule has 0 bridgehead atoms. The predicted octanol–water partition coefficient (Wildman–Crippen LogP) is 2.90. The number of carbonyl (C=O) groups is 1. The Morgan fingerprint density at radius 2 is 1.88 bits per heavy atom. The Morgan fingerprint density at radius 3 is 2.46 bits per heavy atom. The summed E-state index contributed by atoms with van der Waals surface area (Å²) in [7, 11) is -3.60. The highest BCUT2D eigenvalue weighted by molar-refractivity contribution is 7.89. The lowest BCUT2D eigenvalue weighted by Crippen LogP contribution is -2.47. The predicted molar refractivity (Wildman–Crippen MR) is 95.4 cm³/mol. The normalized spacial score (nSPS) is 20.8. The van der Waals surface area contributed by atoms with Crippen LogP contribution < -0.4 is 5.32 Å². The summed E-state index contributed by atoms with van der Waals surface area (Å²) in [6.07, 6.45) is 1.39. The molecule has 0 radical (unpaired) electrons. The first-order chi connectivity index (χ1) is 11.2. The second-order valence-electron chi connectivity index (χ2n) is 6.70. The third kappa shape index (κ3) is 4.49. The summed E-state index contributed by atoms with van der Waals surface area (Å²) in [5, 5.41) is 3.48. The van der Waals surface area contributed by atoms with Crippen LogP contribution in [0.5, 0.6) is 0 Å². The van der Waals surface area contributed by atoms with Gasteiger partial charge >= 0.3 is 0 Å². The Labute approximate surface area is 149 Å². The molecule has 0 unspecified atom stereocenters. The maximum atomic E-state index is 12.7. The van der Waals surface area contributed by atoms with Gasteiger partial charge < -0.3 is 5.32 Å². The Hall–Kier alpha value is -1.11. The lowest BCUT2D eigenvalue weighted by molar-refractivity contribution is -0.127. The number of hydrogen-bond donors (Lipinski definition) is 1. The van der Waals surface area contributed by atoms with Crippen LogP contribution in [0.3, 0.4) is 0 Å². The topological polar surface area (TPSA) is 66.5 Å². The van der Waals surface area contributed by atoms with E-state index in [0.29, 0.717) is 30.3 Å². The molecule has 1 saturated heterocycles. The van der Waals surface area contributed by atoms with Gasteiger partial charge in [-0.15, -0.1) is 0 Å². The fraction of sp³-hybridized carbons (Fsp3) is 0.588. The molecular formula is C17H25ClN2O3S. The first-order valence-electron chi connectivity index (χ1n) is 8.28. The molecule has 1 fully saturated rings. The number of halogens is 1. The van der Waals surface area contributed by atoms with Gasteiger partial charge in [-0.25, -0.2) is 8.42 Å². The fourth-order valence-electron chi connectivity index (χ4n) is 2.64. The molecule has 0 aliphatic carbocycles. The first kappa shape index (κ1) is 19.2. The van der Waals surface area contributed by atoms with Crippen molar-refractivity contribution in [2.45, 2.75) is 44.6 Å². The molecule has 5 nitrogen and oxygen atoms in total. The molecule has 7 heteroatoms. The van der Waals surface area contributed by atoms with E-state index in [1.54, 1.807) is 12.1 Å². The number of amides is 1. The molecule has 2 atom stereocenters. The zero-order chi connectivity index (χ0) is 17.9. The molecule has 1 amide bonds. The highest BCUT2D eigenvalue weighted by Gasteiger charge is 2.33. The van der Waals surface area contributed by atoms with Crippen molar-refractivity contribution in [3.05, 3.63) is 29.3 Å². The van der Waals surface area contributed by atoms with Crippen LogP contribution in [0.4, 0.5) is 0 Å². The lowest BCUT2D eigenvalue weighted by atomic mass is 9.97. The number of piperidine rings is 1. The minimum atomic E-state index is -3.60. The summed E-state index contributed by atoms with van der Waals surface area (Å²) < 4.78 is 26.9. The summed E-state index contributed by atoms with van der Waals surface area (Å²) in [4.78, 5) is 12.6. The molecule has 0 saturated carbocycles. The minimum Gasteiger partial charge on any atom is -0.353 e. The molecule has 1 aromatic rings. The van der Waals surface area contributed by atoms with Gasteiger partial charge in [-0.1, -0.05) is 25.4 Å². The Morgan fingerprint density at radius 1 is 1.25 bits per heavy atom. The number of nitrogens with one attached hydrogen (secondary N) is 1. The number of rotatable bonds is 5. The van der Waals surface area contributed by atoms with Crippen LogP contribution in [0.25, 0.3) is 0 Å². The minimum absolute atomic E-state index is 0.0628. The molecule has 134 valence electrons. The van der Waals surface area contributed by atoms with E-state index in [1.165, 1.54) is 16.4 Å². The molecule has 0 aromatic heterocycles. The van der Waals surface area contributed by atoms with Gasteiger partial charge in [0.05, 0.1) is 10.8 Å². The Balaban J connectivity index is 2.09. The van der Waals surface area contributed by atoms with Gasteiger partial charge in [0.1, 0.15) is 0 Å². The second kappa shape index (κ2) is 7.85. The monoisotopic (exact) mass is 372 g/mol. The average molecular weight is 373 g/mol. The first-order valence-corrected chi connectivity index (χ1v) is 10.1. The van der Waals surface area contributed by atoms with Gasteiger partial charge in [0, 0.05) is 24.2 Å². The maximum absolute atomic E-state index is 12.7. The molecule has 24 heavy (non-hydrogen) atoms. The van der Waals surface area contributed by atoms with Crippen molar-refractivity contribution < 1.29 is 13.2 Å². The smallest absolute Gasteiger partial charge is 0.243 e. The summed E-state index contributed by atoms with van der Waals surface area (Å²) in [5.41, 5.74) is 0. The maximum Gasteiger partial charge on any atom is 0.243 e.